The van der Waals surface area contributed by atoms with Gasteiger partial charge in [-0.25, -0.2) is 0 Å². The first-order valence-electron chi connectivity index (χ1n) is 10.1. The van der Waals surface area contributed by atoms with E-state index >= 15 is 0 Å². The molecule has 2 aromatic rings. The van der Waals surface area contributed by atoms with Gasteiger partial charge < -0.3 is 10.2 Å². The molecule has 2 aromatic carbocycles. The van der Waals surface area contributed by atoms with Crippen LogP contribution in [0, 0.1) is 13.8 Å². The molecule has 0 spiro atoms. The summed E-state index contributed by atoms with van der Waals surface area (Å²) in [7, 11) is 0. The van der Waals surface area contributed by atoms with Crippen molar-refractivity contribution in [1.29, 1.82) is 0 Å². The van der Waals surface area contributed by atoms with Gasteiger partial charge in [0.2, 0.25) is 5.91 Å². The first-order chi connectivity index (χ1) is 14.0. The van der Waals surface area contributed by atoms with Crippen molar-refractivity contribution in [1.82, 2.24) is 15.1 Å². The molecule has 1 aliphatic heterocycles. The number of carbonyl (C=O) groups is 2. The minimum absolute atomic E-state index is 0.0262. The van der Waals surface area contributed by atoms with Gasteiger partial charge in [-0.15, -0.1) is 0 Å². The number of nitrogens with zero attached hydrogens (tertiary/aromatic N) is 2. The second-order valence-electron chi connectivity index (χ2n) is 7.48. The number of nitrogens with one attached hydrogen (secondary N) is 1. The molecule has 2 amide bonds. The molecule has 3 rings (SSSR count). The molecule has 1 N–H and O–H groups in total. The van der Waals surface area contributed by atoms with E-state index in [0.29, 0.717) is 18.7 Å². The molecule has 1 fully saturated rings. The maximum absolute atomic E-state index is 12.4. The van der Waals surface area contributed by atoms with Crippen molar-refractivity contribution in [2.24, 2.45) is 0 Å². The molecule has 152 valence electrons. The van der Waals surface area contributed by atoms with Gasteiger partial charge >= 0.3 is 0 Å². The molecule has 5 heteroatoms. The van der Waals surface area contributed by atoms with Gasteiger partial charge in [0, 0.05) is 38.3 Å². The quantitative estimate of drug-likeness (QED) is 0.824. The number of hydrogen-bond donors (Lipinski definition) is 1. The first kappa shape index (κ1) is 20.8. The van der Waals surface area contributed by atoms with E-state index in [2.05, 4.69) is 34.5 Å². The van der Waals surface area contributed by atoms with Crippen LogP contribution in [-0.4, -0.2) is 60.9 Å². The molecule has 0 atom stereocenters. The number of hydrogen-bond acceptors (Lipinski definition) is 3. The molecule has 1 aliphatic rings. The summed E-state index contributed by atoms with van der Waals surface area (Å²) in [6.07, 6.45) is 4.29. The zero-order valence-electron chi connectivity index (χ0n) is 17.2. The molecule has 5 nitrogen and oxygen atoms in total. The van der Waals surface area contributed by atoms with E-state index in [-0.39, 0.29) is 18.4 Å². The number of piperazine rings is 1. The molecule has 0 aliphatic carbocycles. The van der Waals surface area contributed by atoms with Crippen LogP contribution < -0.4 is 5.32 Å². The standard InChI is InChI=1S/C24H29N3O2/c1-19-10-11-22(17-20(19)2)24(29)25-18-23(28)27-15-13-26(14-16-27)12-6-9-21-7-4-3-5-8-21/h3-11,17H,12-16,18H2,1-2H3,(H,25,29)/b9-6+. The molecular formula is C24H29N3O2. The Bertz CT molecular complexity index is 869. The Balaban J connectivity index is 1.40. The first-order valence-corrected chi connectivity index (χ1v) is 10.1. The van der Waals surface area contributed by atoms with Gasteiger partial charge in [-0.2, -0.15) is 0 Å². The lowest BCUT2D eigenvalue weighted by Crippen LogP contribution is -2.51. The van der Waals surface area contributed by atoms with Gasteiger partial charge in [0.25, 0.3) is 5.91 Å². The zero-order chi connectivity index (χ0) is 20.6. The fourth-order valence-corrected chi connectivity index (χ4v) is 3.33. The predicted molar refractivity (Wildman–Crippen MR) is 117 cm³/mol. The van der Waals surface area contributed by atoms with E-state index in [4.69, 9.17) is 0 Å². The van der Waals surface area contributed by atoms with Crippen LogP contribution in [0.1, 0.15) is 27.0 Å². The minimum atomic E-state index is -0.203. The van der Waals surface area contributed by atoms with Crippen LogP contribution in [0.3, 0.4) is 0 Å². The Hall–Kier alpha value is -2.92. The van der Waals surface area contributed by atoms with Gasteiger partial charge in [-0.3, -0.25) is 14.5 Å². The van der Waals surface area contributed by atoms with Gasteiger partial charge in [0.05, 0.1) is 6.54 Å². The fourth-order valence-electron chi connectivity index (χ4n) is 3.33. The number of rotatable bonds is 6. The highest BCUT2D eigenvalue weighted by Gasteiger charge is 2.20. The highest BCUT2D eigenvalue weighted by Crippen LogP contribution is 2.10. The molecule has 1 heterocycles. The Morgan fingerprint density at radius 3 is 2.38 bits per heavy atom. The second-order valence-corrected chi connectivity index (χ2v) is 7.48. The molecule has 0 aromatic heterocycles. The largest absolute Gasteiger partial charge is 0.343 e. The summed E-state index contributed by atoms with van der Waals surface area (Å²) in [4.78, 5) is 28.9. The van der Waals surface area contributed by atoms with Crippen molar-refractivity contribution in [3.63, 3.8) is 0 Å². The topological polar surface area (TPSA) is 52.7 Å². The number of aryl methyl sites for hydroxylation is 2. The summed E-state index contributed by atoms with van der Waals surface area (Å²) in [6, 6.07) is 15.8. The molecule has 0 radical (unpaired) electrons. The van der Waals surface area contributed by atoms with E-state index in [0.717, 1.165) is 30.8 Å². The van der Waals surface area contributed by atoms with Gasteiger partial charge in [-0.1, -0.05) is 48.6 Å². The fraction of sp³-hybridized carbons (Fsp3) is 0.333. The zero-order valence-corrected chi connectivity index (χ0v) is 17.2. The molecule has 0 unspecified atom stereocenters. The van der Waals surface area contributed by atoms with Gasteiger partial charge in [0.15, 0.2) is 0 Å². The minimum Gasteiger partial charge on any atom is -0.343 e. The molecule has 1 saturated heterocycles. The van der Waals surface area contributed by atoms with Crippen LogP contribution in [0.25, 0.3) is 6.08 Å². The Kier molecular flexibility index (Phi) is 7.19. The number of amides is 2. The van der Waals surface area contributed by atoms with E-state index in [1.807, 2.05) is 49.1 Å². The third-order valence-electron chi connectivity index (χ3n) is 5.37. The maximum atomic E-state index is 12.4. The summed E-state index contributed by atoms with van der Waals surface area (Å²) in [5.74, 6) is -0.229. The highest BCUT2D eigenvalue weighted by atomic mass is 16.2. The van der Waals surface area contributed by atoms with Crippen molar-refractivity contribution in [2.75, 3.05) is 39.3 Å². The van der Waals surface area contributed by atoms with Crippen LogP contribution in [-0.2, 0) is 4.79 Å². The SMILES string of the molecule is Cc1ccc(C(=O)NCC(=O)N2CCN(C/C=C/c3ccccc3)CC2)cc1C. The monoisotopic (exact) mass is 391 g/mol. The van der Waals surface area contributed by atoms with E-state index in [9.17, 15) is 9.59 Å². The Morgan fingerprint density at radius 1 is 0.966 bits per heavy atom. The van der Waals surface area contributed by atoms with E-state index in [1.54, 1.807) is 6.07 Å². The molecular weight excluding hydrogens is 362 g/mol. The van der Waals surface area contributed by atoms with Crippen LogP contribution in [0.5, 0.6) is 0 Å². The van der Waals surface area contributed by atoms with Crippen LogP contribution in [0.2, 0.25) is 0 Å². The van der Waals surface area contributed by atoms with Crippen molar-refractivity contribution < 1.29 is 9.59 Å². The maximum Gasteiger partial charge on any atom is 0.251 e. The highest BCUT2D eigenvalue weighted by molar-refractivity contribution is 5.96. The van der Waals surface area contributed by atoms with Gasteiger partial charge in [-0.05, 0) is 42.7 Å². The van der Waals surface area contributed by atoms with Crippen molar-refractivity contribution in [3.05, 3.63) is 76.9 Å². The summed E-state index contributed by atoms with van der Waals surface area (Å²) in [6.45, 7) is 7.98. The van der Waals surface area contributed by atoms with Gasteiger partial charge in [0.1, 0.15) is 0 Å². The van der Waals surface area contributed by atoms with Crippen molar-refractivity contribution in [3.8, 4) is 0 Å². The third-order valence-corrected chi connectivity index (χ3v) is 5.37. The lowest BCUT2D eigenvalue weighted by molar-refractivity contribution is -0.131. The molecule has 0 bridgehead atoms. The normalized spacial score (nSPS) is 14.9. The van der Waals surface area contributed by atoms with Crippen molar-refractivity contribution in [2.45, 2.75) is 13.8 Å². The molecule has 0 saturated carbocycles. The van der Waals surface area contributed by atoms with E-state index in [1.165, 1.54) is 5.56 Å². The van der Waals surface area contributed by atoms with Crippen LogP contribution in [0.15, 0.2) is 54.6 Å². The summed E-state index contributed by atoms with van der Waals surface area (Å²) < 4.78 is 0. The van der Waals surface area contributed by atoms with Crippen LogP contribution in [0.4, 0.5) is 0 Å². The second kappa shape index (κ2) is 10.0. The van der Waals surface area contributed by atoms with Crippen molar-refractivity contribution >= 4 is 17.9 Å². The lowest BCUT2D eigenvalue weighted by Gasteiger charge is -2.34. The predicted octanol–water partition coefficient (Wildman–Crippen LogP) is 2.89. The Labute approximate surface area is 173 Å². The summed E-state index contributed by atoms with van der Waals surface area (Å²) >= 11 is 0. The smallest absolute Gasteiger partial charge is 0.251 e. The summed E-state index contributed by atoms with van der Waals surface area (Å²) in [5, 5.41) is 2.75. The third kappa shape index (κ3) is 6.03. The Morgan fingerprint density at radius 2 is 1.69 bits per heavy atom. The number of benzene rings is 2. The summed E-state index contributed by atoms with van der Waals surface area (Å²) in [5.41, 5.74) is 4.01. The number of carbonyl (C=O) groups excluding carboxylic acids is 2. The molecule has 29 heavy (non-hydrogen) atoms. The average molecular weight is 392 g/mol. The van der Waals surface area contributed by atoms with Crippen LogP contribution >= 0.6 is 0 Å². The van der Waals surface area contributed by atoms with E-state index < -0.39 is 0 Å². The average Bonchev–Trinajstić information content (AvgIpc) is 2.75. The lowest BCUT2D eigenvalue weighted by atomic mass is 10.1.